The van der Waals surface area contributed by atoms with Crippen LogP contribution in [-0.2, 0) is 23.8 Å². The largest absolute Gasteiger partial charge is 0.462 e. The molecular formula is C15H23N5O6. The number of rotatable bonds is 9. The van der Waals surface area contributed by atoms with Gasteiger partial charge in [-0.25, -0.2) is 0 Å². The van der Waals surface area contributed by atoms with Gasteiger partial charge in [-0.15, -0.1) is 0 Å². The number of fused-ring (bicyclic) bond motifs is 1. The molecular weight excluding hydrogens is 346 g/mol. The molecule has 11 heteroatoms. The van der Waals surface area contributed by atoms with Gasteiger partial charge in [0.1, 0.15) is 19.0 Å². The van der Waals surface area contributed by atoms with Crippen molar-refractivity contribution in [3.63, 3.8) is 0 Å². The predicted octanol–water partition coefficient (Wildman–Crippen LogP) is -0.209. The first-order chi connectivity index (χ1) is 12.4. The molecule has 0 fully saturated rings. The van der Waals surface area contributed by atoms with E-state index in [1.165, 1.54) is 0 Å². The number of hydrogen-bond donors (Lipinski definition) is 3. The van der Waals surface area contributed by atoms with E-state index in [-0.39, 0.29) is 50.3 Å². The van der Waals surface area contributed by atoms with Crippen molar-refractivity contribution < 1.29 is 23.8 Å². The van der Waals surface area contributed by atoms with Crippen molar-refractivity contribution in [2.45, 2.75) is 32.8 Å². The number of aromatic amines is 1. The van der Waals surface area contributed by atoms with E-state index in [0.29, 0.717) is 18.2 Å². The van der Waals surface area contributed by atoms with Crippen molar-refractivity contribution in [3.05, 3.63) is 10.4 Å². The lowest BCUT2D eigenvalue weighted by Gasteiger charge is -2.21. The van der Waals surface area contributed by atoms with Crippen LogP contribution in [0.1, 0.15) is 26.7 Å². The molecule has 1 aromatic heterocycles. The molecule has 0 bridgehead atoms. The Morgan fingerprint density at radius 1 is 1.27 bits per heavy atom. The molecule has 0 saturated carbocycles. The fourth-order valence-corrected chi connectivity index (χ4v) is 2.19. The molecule has 0 aliphatic carbocycles. The Hall–Kier alpha value is -2.82. The second-order valence-corrected chi connectivity index (χ2v) is 5.53. The number of anilines is 3. The number of nitrogens with two attached hydrogens (primary N) is 1. The van der Waals surface area contributed by atoms with E-state index >= 15 is 0 Å². The zero-order valence-electron chi connectivity index (χ0n) is 14.7. The molecule has 11 nitrogen and oxygen atoms in total. The highest BCUT2D eigenvalue weighted by atomic mass is 16.6. The summed E-state index contributed by atoms with van der Waals surface area (Å²) in [7, 11) is 0. The maximum atomic E-state index is 11.8. The number of ether oxygens (including phenoxy) is 3. The fourth-order valence-electron chi connectivity index (χ4n) is 2.19. The summed E-state index contributed by atoms with van der Waals surface area (Å²) >= 11 is 0. The third-order valence-corrected chi connectivity index (χ3v) is 3.52. The van der Waals surface area contributed by atoms with E-state index < -0.39 is 12.1 Å². The molecule has 1 aliphatic heterocycles. The van der Waals surface area contributed by atoms with Crippen molar-refractivity contribution in [3.8, 4) is 0 Å². The highest BCUT2D eigenvalue weighted by Crippen LogP contribution is 2.25. The zero-order valence-corrected chi connectivity index (χ0v) is 14.7. The monoisotopic (exact) mass is 369 g/mol. The summed E-state index contributed by atoms with van der Waals surface area (Å²) in [6, 6.07) is 0. The Morgan fingerprint density at radius 3 is 2.69 bits per heavy atom. The number of H-pyrrole nitrogens is 1. The quantitative estimate of drug-likeness (QED) is 0.499. The number of nitrogens with zero attached hydrogens (tertiary/aromatic N) is 2. The van der Waals surface area contributed by atoms with Crippen molar-refractivity contribution in [1.82, 2.24) is 9.97 Å². The van der Waals surface area contributed by atoms with Gasteiger partial charge in [0.25, 0.3) is 5.56 Å². The molecule has 0 amide bonds. The van der Waals surface area contributed by atoms with Crippen LogP contribution < -0.4 is 21.5 Å². The standard InChI is InChI=1S/C15H23N5O6/c1-3-10(21)25-6-9(26-11(22)4-2)5-24-8-20-7-17-12-13(20)18-15(16)19-14(12)23/h9,17H,3-8H2,1-2H3,(H3,16,18,19,23). The van der Waals surface area contributed by atoms with Crippen molar-refractivity contribution in [2.75, 3.05) is 42.6 Å². The van der Waals surface area contributed by atoms with Gasteiger partial charge < -0.3 is 30.2 Å². The lowest BCUT2D eigenvalue weighted by atomic mass is 10.4. The molecule has 0 radical (unpaired) electrons. The van der Waals surface area contributed by atoms with Crippen LogP contribution in [0.3, 0.4) is 0 Å². The number of hydrogen-bond acceptors (Lipinski definition) is 10. The Morgan fingerprint density at radius 2 is 2.00 bits per heavy atom. The first-order valence-corrected chi connectivity index (χ1v) is 8.26. The third-order valence-electron chi connectivity index (χ3n) is 3.52. The summed E-state index contributed by atoms with van der Waals surface area (Å²) in [5, 5.41) is 2.90. The fraction of sp³-hybridized carbons (Fsp3) is 0.600. The van der Waals surface area contributed by atoms with E-state index in [0.717, 1.165) is 0 Å². The van der Waals surface area contributed by atoms with Crippen LogP contribution in [0.5, 0.6) is 0 Å². The summed E-state index contributed by atoms with van der Waals surface area (Å²) < 4.78 is 15.8. The van der Waals surface area contributed by atoms with Crippen molar-refractivity contribution >= 4 is 29.4 Å². The van der Waals surface area contributed by atoms with E-state index in [9.17, 15) is 14.4 Å². The normalized spacial score (nSPS) is 13.7. The first-order valence-electron chi connectivity index (χ1n) is 8.26. The van der Waals surface area contributed by atoms with Crippen LogP contribution in [0, 0.1) is 0 Å². The second kappa shape index (κ2) is 9.04. The number of esters is 2. The van der Waals surface area contributed by atoms with Gasteiger partial charge in [0, 0.05) is 12.8 Å². The van der Waals surface area contributed by atoms with Gasteiger partial charge >= 0.3 is 11.9 Å². The molecule has 1 aliphatic rings. The van der Waals surface area contributed by atoms with Gasteiger partial charge in [0.05, 0.1) is 13.3 Å². The lowest BCUT2D eigenvalue weighted by Crippen LogP contribution is -2.33. The highest BCUT2D eigenvalue weighted by molar-refractivity contribution is 5.71. The van der Waals surface area contributed by atoms with Crippen LogP contribution >= 0.6 is 0 Å². The Kier molecular flexibility index (Phi) is 6.78. The molecule has 0 spiro atoms. The molecule has 1 atom stereocenters. The first kappa shape index (κ1) is 19.5. The van der Waals surface area contributed by atoms with Crippen LogP contribution in [-0.4, -0.2) is 54.6 Å². The number of carbonyl (C=O) groups is 2. The molecule has 26 heavy (non-hydrogen) atoms. The van der Waals surface area contributed by atoms with Gasteiger partial charge in [-0.05, 0) is 0 Å². The Balaban J connectivity index is 1.90. The van der Waals surface area contributed by atoms with Gasteiger partial charge in [-0.1, -0.05) is 13.8 Å². The zero-order chi connectivity index (χ0) is 19.1. The minimum absolute atomic E-state index is 0.00341. The second-order valence-electron chi connectivity index (χ2n) is 5.53. The molecule has 1 aromatic rings. The number of aromatic nitrogens is 2. The van der Waals surface area contributed by atoms with E-state index in [1.54, 1.807) is 18.7 Å². The van der Waals surface area contributed by atoms with Crippen LogP contribution in [0.15, 0.2) is 4.79 Å². The number of nitrogen functional groups attached to an aromatic ring is 1. The van der Waals surface area contributed by atoms with E-state index in [4.69, 9.17) is 19.9 Å². The van der Waals surface area contributed by atoms with Gasteiger partial charge in [0.15, 0.2) is 11.9 Å². The molecule has 2 heterocycles. The SMILES string of the molecule is CCC(=O)OCC(COCN1CNc2c1nc(N)[nH]c2=O)OC(=O)CC. The van der Waals surface area contributed by atoms with Crippen molar-refractivity contribution in [1.29, 1.82) is 0 Å². The van der Waals surface area contributed by atoms with Crippen LogP contribution in [0.25, 0.3) is 0 Å². The average Bonchev–Trinajstić information content (AvgIpc) is 3.02. The van der Waals surface area contributed by atoms with Crippen LogP contribution in [0.4, 0.5) is 17.5 Å². The smallest absolute Gasteiger partial charge is 0.305 e. The maximum absolute atomic E-state index is 11.8. The minimum Gasteiger partial charge on any atom is -0.462 e. The number of carbonyl (C=O) groups excluding carboxylic acids is 2. The molecule has 1 unspecified atom stereocenters. The molecule has 0 aromatic carbocycles. The van der Waals surface area contributed by atoms with Gasteiger partial charge in [0.2, 0.25) is 5.95 Å². The topological polar surface area (TPSA) is 149 Å². The lowest BCUT2D eigenvalue weighted by molar-refractivity contribution is -0.162. The Bertz CT molecular complexity index is 706. The van der Waals surface area contributed by atoms with Crippen molar-refractivity contribution in [2.24, 2.45) is 0 Å². The van der Waals surface area contributed by atoms with Gasteiger partial charge in [-0.2, -0.15) is 4.98 Å². The number of nitrogens with one attached hydrogen (secondary N) is 2. The average molecular weight is 369 g/mol. The van der Waals surface area contributed by atoms with E-state index in [2.05, 4.69) is 15.3 Å². The predicted molar refractivity (Wildman–Crippen MR) is 92.5 cm³/mol. The van der Waals surface area contributed by atoms with Gasteiger partial charge in [-0.3, -0.25) is 19.4 Å². The molecule has 2 rings (SSSR count). The molecule has 4 N–H and O–H groups in total. The highest BCUT2D eigenvalue weighted by Gasteiger charge is 2.24. The summed E-state index contributed by atoms with van der Waals surface area (Å²) in [4.78, 5) is 42.7. The molecule has 144 valence electrons. The maximum Gasteiger partial charge on any atom is 0.305 e. The summed E-state index contributed by atoms with van der Waals surface area (Å²) in [6.07, 6.45) is -0.286. The van der Waals surface area contributed by atoms with Crippen LogP contribution in [0.2, 0.25) is 0 Å². The summed E-state index contributed by atoms with van der Waals surface area (Å²) in [5.41, 5.74) is 5.50. The minimum atomic E-state index is -0.717. The molecule has 0 saturated heterocycles. The third kappa shape index (κ3) is 5.09. The summed E-state index contributed by atoms with van der Waals surface area (Å²) in [6.45, 7) is 3.67. The van der Waals surface area contributed by atoms with E-state index in [1.807, 2.05) is 0 Å². The summed E-state index contributed by atoms with van der Waals surface area (Å²) in [5.74, 6) is -0.422. The Labute approximate surface area is 149 Å².